The van der Waals surface area contributed by atoms with Crippen LogP contribution in [0.3, 0.4) is 0 Å². The van der Waals surface area contributed by atoms with Gasteiger partial charge >= 0.3 is 0 Å². The molecule has 5 heteroatoms. The Morgan fingerprint density at radius 2 is 1.87 bits per heavy atom. The molecule has 0 radical (unpaired) electrons. The molecule has 0 bridgehead atoms. The lowest BCUT2D eigenvalue weighted by molar-refractivity contribution is -0.917. The highest BCUT2D eigenvalue weighted by molar-refractivity contribution is 9.10. The van der Waals surface area contributed by atoms with Crippen LogP contribution in [0.1, 0.15) is 15.9 Å². The van der Waals surface area contributed by atoms with E-state index in [-0.39, 0.29) is 5.91 Å². The second-order valence-corrected chi connectivity index (χ2v) is 7.21. The maximum atomic E-state index is 12.5. The summed E-state index contributed by atoms with van der Waals surface area (Å²) in [7, 11) is 0. The van der Waals surface area contributed by atoms with Crippen molar-refractivity contribution < 1.29 is 9.69 Å². The summed E-state index contributed by atoms with van der Waals surface area (Å²) in [6.07, 6.45) is 0. The molecule has 1 N–H and O–H groups in total. The van der Waals surface area contributed by atoms with E-state index in [1.54, 1.807) is 0 Å². The highest BCUT2D eigenvalue weighted by Crippen LogP contribution is 2.14. The number of nitrogens with zero attached hydrogens (tertiary/aromatic N) is 1. The molecule has 1 saturated heterocycles. The minimum absolute atomic E-state index is 0.119. The highest BCUT2D eigenvalue weighted by Gasteiger charge is 2.24. The van der Waals surface area contributed by atoms with Crippen molar-refractivity contribution in [1.82, 2.24) is 4.90 Å². The number of benzene rings is 2. The molecule has 120 valence electrons. The predicted molar refractivity (Wildman–Crippen MR) is 95.9 cm³/mol. The second-order valence-electron chi connectivity index (χ2n) is 5.86. The summed E-state index contributed by atoms with van der Waals surface area (Å²) in [5.41, 5.74) is 2.00. The summed E-state index contributed by atoms with van der Waals surface area (Å²) < 4.78 is 0.938. The van der Waals surface area contributed by atoms with Crippen LogP contribution in [0.4, 0.5) is 0 Å². The number of piperazine rings is 1. The van der Waals surface area contributed by atoms with Gasteiger partial charge in [-0.25, -0.2) is 0 Å². The maximum absolute atomic E-state index is 12.5. The summed E-state index contributed by atoms with van der Waals surface area (Å²) in [4.78, 5) is 16.0. The van der Waals surface area contributed by atoms with Gasteiger partial charge in [0.25, 0.3) is 5.91 Å². The lowest BCUT2D eigenvalue weighted by Gasteiger charge is -2.32. The number of rotatable bonds is 3. The number of amides is 1. The first-order valence-corrected chi connectivity index (χ1v) is 8.92. The standard InChI is InChI=1S/C18H18BrClN2O/c19-16-5-2-4-15(12-16)18(23)22-9-7-21(8-10-22)13-14-3-1-6-17(20)11-14/h1-6,11-12H,7-10,13H2/p+1. The van der Waals surface area contributed by atoms with Crippen LogP contribution in [0, 0.1) is 0 Å². The Labute approximate surface area is 150 Å². The number of carbonyl (C=O) groups excluding carboxylic acids is 1. The molecule has 1 amide bonds. The van der Waals surface area contributed by atoms with Crippen LogP contribution in [0.15, 0.2) is 53.0 Å². The number of carbonyl (C=O) groups is 1. The maximum Gasteiger partial charge on any atom is 0.254 e. The number of nitrogens with one attached hydrogen (secondary N) is 1. The summed E-state index contributed by atoms with van der Waals surface area (Å²) in [6.45, 7) is 4.47. The first-order chi connectivity index (χ1) is 11.1. The number of halogens is 2. The van der Waals surface area contributed by atoms with Crippen LogP contribution in [-0.2, 0) is 6.54 Å². The molecule has 0 aromatic heterocycles. The van der Waals surface area contributed by atoms with Crippen molar-refractivity contribution in [3.8, 4) is 0 Å². The zero-order valence-electron chi connectivity index (χ0n) is 12.8. The molecule has 1 aliphatic heterocycles. The summed E-state index contributed by atoms with van der Waals surface area (Å²) in [5.74, 6) is 0.119. The monoisotopic (exact) mass is 393 g/mol. The first-order valence-electron chi connectivity index (χ1n) is 7.75. The van der Waals surface area contributed by atoms with Gasteiger partial charge in [-0.15, -0.1) is 0 Å². The van der Waals surface area contributed by atoms with Gasteiger partial charge in [0.2, 0.25) is 0 Å². The van der Waals surface area contributed by atoms with Crippen molar-refractivity contribution >= 4 is 33.4 Å². The third-order valence-electron chi connectivity index (χ3n) is 4.17. The minimum atomic E-state index is 0.119. The Hall–Kier alpha value is -1.36. The van der Waals surface area contributed by atoms with Gasteiger partial charge in [0.1, 0.15) is 6.54 Å². The fourth-order valence-corrected chi connectivity index (χ4v) is 3.55. The summed E-state index contributed by atoms with van der Waals surface area (Å²) in [5, 5.41) is 0.783. The van der Waals surface area contributed by atoms with E-state index >= 15 is 0 Å². The van der Waals surface area contributed by atoms with Gasteiger partial charge < -0.3 is 9.80 Å². The van der Waals surface area contributed by atoms with Crippen molar-refractivity contribution in [2.45, 2.75) is 6.54 Å². The Kier molecular flexibility index (Phi) is 5.36. The molecule has 0 aliphatic carbocycles. The molecule has 1 heterocycles. The van der Waals surface area contributed by atoms with Crippen molar-refractivity contribution in [2.75, 3.05) is 26.2 Å². The fourth-order valence-electron chi connectivity index (χ4n) is 2.94. The van der Waals surface area contributed by atoms with Gasteiger partial charge in [-0.1, -0.05) is 45.7 Å². The molecule has 0 atom stereocenters. The summed E-state index contributed by atoms with van der Waals surface area (Å²) in [6, 6.07) is 15.6. The zero-order valence-corrected chi connectivity index (χ0v) is 15.1. The number of quaternary nitrogens is 1. The van der Waals surface area contributed by atoms with Crippen molar-refractivity contribution in [3.05, 3.63) is 69.2 Å². The van der Waals surface area contributed by atoms with Crippen LogP contribution < -0.4 is 4.90 Å². The molecule has 3 rings (SSSR count). The Morgan fingerprint density at radius 3 is 2.57 bits per heavy atom. The van der Waals surface area contributed by atoms with Gasteiger partial charge in [-0.3, -0.25) is 4.79 Å². The van der Waals surface area contributed by atoms with Crippen LogP contribution >= 0.6 is 27.5 Å². The lowest BCUT2D eigenvalue weighted by Crippen LogP contribution is -3.13. The van der Waals surface area contributed by atoms with E-state index in [4.69, 9.17) is 11.6 Å². The molecule has 2 aromatic rings. The second kappa shape index (κ2) is 7.47. The topological polar surface area (TPSA) is 24.8 Å². The molecule has 0 unspecified atom stereocenters. The zero-order chi connectivity index (χ0) is 16.2. The molecule has 1 aliphatic rings. The lowest BCUT2D eigenvalue weighted by atomic mass is 10.1. The molecule has 0 spiro atoms. The SMILES string of the molecule is O=C(c1cccc(Br)c1)N1CC[NH+](Cc2cccc(Cl)c2)CC1. The summed E-state index contributed by atoms with van der Waals surface area (Å²) >= 11 is 9.46. The van der Waals surface area contributed by atoms with E-state index in [2.05, 4.69) is 22.0 Å². The molecule has 3 nitrogen and oxygen atoms in total. The minimum Gasteiger partial charge on any atom is -0.328 e. The molecule has 1 fully saturated rings. The van der Waals surface area contributed by atoms with Crippen LogP contribution in [-0.4, -0.2) is 37.0 Å². The number of hydrogen-bond donors (Lipinski definition) is 1. The smallest absolute Gasteiger partial charge is 0.254 e. The Morgan fingerprint density at radius 1 is 1.13 bits per heavy atom. The highest BCUT2D eigenvalue weighted by atomic mass is 79.9. The molecule has 0 saturated carbocycles. The van der Waals surface area contributed by atoms with Crippen molar-refractivity contribution in [1.29, 1.82) is 0 Å². The van der Waals surface area contributed by atoms with E-state index in [9.17, 15) is 4.79 Å². The Balaban J connectivity index is 1.57. The van der Waals surface area contributed by atoms with Gasteiger partial charge in [-0.05, 0) is 30.3 Å². The van der Waals surface area contributed by atoms with E-state index < -0.39 is 0 Å². The van der Waals surface area contributed by atoms with Crippen LogP contribution in [0.2, 0.25) is 5.02 Å². The van der Waals surface area contributed by atoms with Gasteiger partial charge in [-0.2, -0.15) is 0 Å². The largest absolute Gasteiger partial charge is 0.328 e. The van der Waals surface area contributed by atoms with Gasteiger partial charge in [0, 0.05) is 20.6 Å². The first kappa shape index (κ1) is 16.5. The van der Waals surface area contributed by atoms with Crippen LogP contribution in [0.5, 0.6) is 0 Å². The van der Waals surface area contributed by atoms with Gasteiger partial charge in [0.05, 0.1) is 26.2 Å². The van der Waals surface area contributed by atoms with E-state index in [1.165, 1.54) is 10.5 Å². The third-order valence-corrected chi connectivity index (χ3v) is 4.90. The van der Waals surface area contributed by atoms with E-state index in [0.29, 0.717) is 0 Å². The van der Waals surface area contributed by atoms with E-state index in [0.717, 1.165) is 47.8 Å². The average molecular weight is 395 g/mol. The van der Waals surface area contributed by atoms with E-state index in [1.807, 2.05) is 47.4 Å². The molecular weight excluding hydrogens is 376 g/mol. The molecule has 23 heavy (non-hydrogen) atoms. The molecule has 2 aromatic carbocycles. The van der Waals surface area contributed by atoms with Gasteiger partial charge in [0.15, 0.2) is 0 Å². The average Bonchev–Trinajstić information content (AvgIpc) is 2.55. The predicted octanol–water partition coefficient (Wildman–Crippen LogP) is 2.64. The van der Waals surface area contributed by atoms with Crippen LogP contribution in [0.25, 0.3) is 0 Å². The van der Waals surface area contributed by atoms with Crippen molar-refractivity contribution in [3.63, 3.8) is 0 Å². The fraction of sp³-hybridized carbons (Fsp3) is 0.278. The number of hydrogen-bond acceptors (Lipinski definition) is 1. The normalized spacial score (nSPS) is 15.7. The Bertz CT molecular complexity index is 699. The van der Waals surface area contributed by atoms with Crippen molar-refractivity contribution in [2.24, 2.45) is 0 Å². The quantitative estimate of drug-likeness (QED) is 0.850. The molecular formula is C18H19BrClN2O+. The third kappa shape index (κ3) is 4.34.